The van der Waals surface area contributed by atoms with Crippen LogP contribution in [0, 0.1) is 16.7 Å². The van der Waals surface area contributed by atoms with Gasteiger partial charge in [0, 0.05) is 25.1 Å². The number of rotatable bonds is 5. The Balaban J connectivity index is 0. The van der Waals surface area contributed by atoms with E-state index in [0.717, 1.165) is 25.7 Å². The molecule has 0 spiro atoms. The van der Waals surface area contributed by atoms with Crippen molar-refractivity contribution >= 4 is 0 Å². The lowest BCUT2D eigenvalue weighted by Gasteiger charge is -2.32. The molecule has 0 saturated carbocycles. The third-order valence-electron chi connectivity index (χ3n) is 3.92. The molecule has 1 heterocycles. The van der Waals surface area contributed by atoms with E-state index in [2.05, 4.69) is 46.4 Å². The highest BCUT2D eigenvalue weighted by Crippen LogP contribution is 2.33. The first-order chi connectivity index (χ1) is 10.2. The second kappa shape index (κ2) is 12.4. The number of ether oxygens (including phenoxy) is 1. The van der Waals surface area contributed by atoms with Crippen molar-refractivity contribution in [1.82, 2.24) is 4.90 Å². The Morgan fingerprint density at radius 2 is 1.68 bits per heavy atom. The highest BCUT2D eigenvalue weighted by Gasteiger charge is 2.30. The van der Waals surface area contributed by atoms with Gasteiger partial charge in [-0.15, -0.1) is 0 Å². The van der Waals surface area contributed by atoms with Gasteiger partial charge in [0.15, 0.2) is 0 Å². The van der Waals surface area contributed by atoms with E-state index in [1.54, 1.807) is 0 Å². The summed E-state index contributed by atoms with van der Waals surface area (Å²) < 4.78 is 5.61. The highest BCUT2D eigenvalue weighted by molar-refractivity contribution is 4.82. The SMILES string of the molecule is CC.CC.CCOCC(C)(C)CN1CCC(C)(C)CC(C)C1. The monoisotopic (exact) mass is 315 g/mol. The summed E-state index contributed by atoms with van der Waals surface area (Å²) >= 11 is 0. The van der Waals surface area contributed by atoms with Gasteiger partial charge in [0.25, 0.3) is 0 Å². The molecule has 1 atom stereocenters. The Morgan fingerprint density at radius 1 is 1.14 bits per heavy atom. The Labute approximate surface area is 142 Å². The van der Waals surface area contributed by atoms with Crippen LogP contribution in [0.25, 0.3) is 0 Å². The summed E-state index contributed by atoms with van der Waals surface area (Å²) in [5, 5.41) is 0. The fraction of sp³-hybridized carbons (Fsp3) is 1.00. The van der Waals surface area contributed by atoms with Gasteiger partial charge in [-0.2, -0.15) is 0 Å². The van der Waals surface area contributed by atoms with E-state index < -0.39 is 0 Å². The molecule has 0 bridgehead atoms. The first-order valence-electron chi connectivity index (χ1n) is 9.54. The van der Waals surface area contributed by atoms with Crippen molar-refractivity contribution in [1.29, 1.82) is 0 Å². The molecule has 0 aromatic rings. The van der Waals surface area contributed by atoms with E-state index in [-0.39, 0.29) is 5.41 Å². The van der Waals surface area contributed by atoms with Gasteiger partial charge in [-0.3, -0.25) is 0 Å². The number of nitrogens with zero attached hydrogens (tertiary/aromatic N) is 1. The molecule has 0 N–H and O–H groups in total. The molecule has 0 aromatic heterocycles. The molecule has 1 aliphatic heterocycles. The van der Waals surface area contributed by atoms with Gasteiger partial charge in [0.1, 0.15) is 0 Å². The molecule has 0 radical (unpaired) electrons. The third kappa shape index (κ3) is 11.5. The molecule has 1 saturated heterocycles. The van der Waals surface area contributed by atoms with E-state index >= 15 is 0 Å². The quantitative estimate of drug-likeness (QED) is 0.630. The van der Waals surface area contributed by atoms with Crippen molar-refractivity contribution < 1.29 is 4.74 Å². The maximum atomic E-state index is 5.61. The van der Waals surface area contributed by atoms with Crippen LogP contribution in [-0.2, 0) is 4.74 Å². The second-order valence-electron chi connectivity index (χ2n) is 7.76. The average Bonchev–Trinajstić information content (AvgIpc) is 2.58. The van der Waals surface area contributed by atoms with Crippen LogP contribution in [0.1, 0.15) is 82.1 Å². The van der Waals surface area contributed by atoms with E-state index in [0.29, 0.717) is 5.41 Å². The maximum Gasteiger partial charge on any atom is 0.0529 e. The van der Waals surface area contributed by atoms with Crippen molar-refractivity contribution in [2.75, 3.05) is 32.8 Å². The van der Waals surface area contributed by atoms with Crippen LogP contribution in [0.5, 0.6) is 0 Å². The summed E-state index contributed by atoms with van der Waals surface area (Å²) in [4.78, 5) is 2.65. The number of likely N-dealkylation sites (tertiary alicyclic amines) is 1. The van der Waals surface area contributed by atoms with Gasteiger partial charge >= 0.3 is 0 Å². The Kier molecular flexibility index (Phi) is 13.6. The molecule has 1 unspecified atom stereocenters. The molecule has 1 aliphatic rings. The Hall–Kier alpha value is -0.0800. The minimum atomic E-state index is 0.268. The molecule has 136 valence electrons. The lowest BCUT2D eigenvalue weighted by atomic mass is 9.82. The zero-order valence-corrected chi connectivity index (χ0v) is 17.4. The molecule has 0 aliphatic carbocycles. The third-order valence-corrected chi connectivity index (χ3v) is 3.92. The van der Waals surface area contributed by atoms with Crippen molar-refractivity contribution in [2.24, 2.45) is 16.7 Å². The molecule has 2 nitrogen and oxygen atoms in total. The topological polar surface area (TPSA) is 12.5 Å². The second-order valence-corrected chi connectivity index (χ2v) is 7.76. The summed E-state index contributed by atoms with van der Waals surface area (Å²) in [6.45, 7) is 27.3. The highest BCUT2D eigenvalue weighted by atomic mass is 16.5. The van der Waals surface area contributed by atoms with Gasteiger partial charge in [-0.25, -0.2) is 0 Å². The largest absolute Gasteiger partial charge is 0.381 e. The zero-order valence-electron chi connectivity index (χ0n) is 17.4. The standard InChI is InChI=1S/C16H33NO.2C2H6/c1-7-18-13-16(5,6)12-17-9-8-15(3,4)10-14(2)11-17;2*1-2/h14H,7-13H2,1-6H3;2*1-2H3. The van der Waals surface area contributed by atoms with Crippen LogP contribution in [0.2, 0.25) is 0 Å². The zero-order chi connectivity index (χ0) is 17.8. The number of hydrogen-bond donors (Lipinski definition) is 0. The van der Waals surface area contributed by atoms with Crippen molar-refractivity contribution in [3.8, 4) is 0 Å². The van der Waals surface area contributed by atoms with Crippen LogP contribution in [0.15, 0.2) is 0 Å². The fourth-order valence-electron chi connectivity index (χ4n) is 3.28. The molecule has 22 heavy (non-hydrogen) atoms. The lowest BCUT2D eigenvalue weighted by molar-refractivity contribution is 0.0439. The van der Waals surface area contributed by atoms with Gasteiger partial charge in [0.05, 0.1) is 6.61 Å². The summed E-state index contributed by atoms with van der Waals surface area (Å²) in [5.74, 6) is 0.811. The normalized spacial score (nSPS) is 21.8. The first-order valence-corrected chi connectivity index (χ1v) is 9.54. The smallest absolute Gasteiger partial charge is 0.0529 e. The van der Waals surface area contributed by atoms with Crippen molar-refractivity contribution in [3.05, 3.63) is 0 Å². The van der Waals surface area contributed by atoms with Gasteiger partial charge < -0.3 is 9.64 Å². The molecule has 0 amide bonds. The van der Waals surface area contributed by atoms with E-state index in [4.69, 9.17) is 4.74 Å². The fourth-order valence-corrected chi connectivity index (χ4v) is 3.28. The Bertz CT molecular complexity index is 248. The van der Waals surface area contributed by atoms with Crippen LogP contribution in [-0.4, -0.2) is 37.7 Å². The number of hydrogen-bond acceptors (Lipinski definition) is 2. The molecule has 1 rings (SSSR count). The van der Waals surface area contributed by atoms with Crippen molar-refractivity contribution in [3.63, 3.8) is 0 Å². The van der Waals surface area contributed by atoms with Gasteiger partial charge in [-0.05, 0) is 37.6 Å². The van der Waals surface area contributed by atoms with E-state index in [9.17, 15) is 0 Å². The minimum absolute atomic E-state index is 0.268. The van der Waals surface area contributed by atoms with E-state index in [1.165, 1.54) is 25.9 Å². The summed E-state index contributed by atoms with van der Waals surface area (Å²) in [6.07, 6.45) is 2.68. The minimum Gasteiger partial charge on any atom is -0.381 e. The van der Waals surface area contributed by atoms with Gasteiger partial charge in [0.2, 0.25) is 0 Å². The molecule has 1 fully saturated rings. The van der Waals surface area contributed by atoms with Crippen LogP contribution in [0.3, 0.4) is 0 Å². The van der Waals surface area contributed by atoms with Crippen molar-refractivity contribution in [2.45, 2.75) is 82.1 Å². The van der Waals surface area contributed by atoms with Crippen LogP contribution in [0.4, 0.5) is 0 Å². The van der Waals surface area contributed by atoms with Gasteiger partial charge in [-0.1, -0.05) is 62.3 Å². The predicted octanol–water partition coefficient (Wildman–Crippen LogP) is 5.86. The average molecular weight is 316 g/mol. The summed E-state index contributed by atoms with van der Waals surface area (Å²) in [6, 6.07) is 0. The molecular formula is C20H45NO. The van der Waals surface area contributed by atoms with Crippen LogP contribution >= 0.6 is 0 Å². The molecular weight excluding hydrogens is 270 g/mol. The first kappa shape index (κ1) is 24.2. The van der Waals surface area contributed by atoms with E-state index in [1.807, 2.05) is 27.7 Å². The molecule has 2 heteroatoms. The lowest BCUT2D eigenvalue weighted by Crippen LogP contribution is -2.39. The predicted molar refractivity (Wildman–Crippen MR) is 102 cm³/mol. The Morgan fingerprint density at radius 3 is 2.18 bits per heavy atom. The van der Waals surface area contributed by atoms with Crippen LogP contribution < -0.4 is 0 Å². The summed E-state index contributed by atoms with van der Waals surface area (Å²) in [5.41, 5.74) is 0.780. The summed E-state index contributed by atoms with van der Waals surface area (Å²) in [7, 11) is 0. The molecule has 0 aromatic carbocycles. The maximum absolute atomic E-state index is 5.61.